The fraction of sp³-hybridized carbons (Fsp3) is 0.708. The molecule has 3 nitrogen and oxygen atoms in total. The summed E-state index contributed by atoms with van der Waals surface area (Å²) in [6.45, 7) is 4.77. The monoisotopic (exact) mass is 370 g/mol. The molecule has 2 saturated carbocycles. The van der Waals surface area contributed by atoms with Gasteiger partial charge in [0.25, 0.3) is 0 Å². The lowest BCUT2D eigenvalue weighted by molar-refractivity contribution is -0.183. The zero-order valence-electron chi connectivity index (χ0n) is 16.8. The Balaban J connectivity index is 1.57. The van der Waals surface area contributed by atoms with Crippen molar-refractivity contribution < 1.29 is 14.6 Å². The molecule has 0 aromatic carbocycles. The summed E-state index contributed by atoms with van der Waals surface area (Å²) < 4.78 is 5.82. The molecule has 0 amide bonds. The highest BCUT2D eigenvalue weighted by molar-refractivity contribution is 5.82. The van der Waals surface area contributed by atoms with Crippen molar-refractivity contribution in [2.24, 2.45) is 22.7 Å². The summed E-state index contributed by atoms with van der Waals surface area (Å²) in [5.41, 5.74) is 1.57. The van der Waals surface area contributed by atoms with Crippen molar-refractivity contribution in [1.29, 1.82) is 0 Å². The smallest absolute Gasteiger partial charge is 0.330 e. The fourth-order valence-electron chi connectivity index (χ4n) is 6.87. The van der Waals surface area contributed by atoms with Gasteiger partial charge in [-0.15, -0.1) is 0 Å². The Morgan fingerprint density at radius 1 is 1.15 bits per heavy atom. The minimum absolute atomic E-state index is 0.0122. The first-order valence-electron chi connectivity index (χ1n) is 10.8. The summed E-state index contributed by atoms with van der Waals surface area (Å²) in [7, 11) is 0. The number of cyclic esters (lactones) is 1. The molecule has 3 aliphatic carbocycles. The van der Waals surface area contributed by atoms with Gasteiger partial charge >= 0.3 is 5.97 Å². The molecule has 1 aliphatic heterocycles. The Morgan fingerprint density at radius 2 is 1.96 bits per heavy atom. The van der Waals surface area contributed by atoms with Crippen LogP contribution in [0.5, 0.6) is 0 Å². The van der Waals surface area contributed by atoms with Crippen LogP contribution in [0.2, 0.25) is 0 Å². The van der Waals surface area contributed by atoms with E-state index in [0.29, 0.717) is 11.8 Å². The number of hydrogen-bond acceptors (Lipinski definition) is 3. The summed E-state index contributed by atoms with van der Waals surface area (Å²) in [4.78, 5) is 11.9. The molecule has 0 unspecified atom stereocenters. The maximum absolute atomic E-state index is 11.9. The van der Waals surface area contributed by atoms with Crippen molar-refractivity contribution in [1.82, 2.24) is 0 Å². The number of carbonyl (C=O) groups excluding carboxylic acids is 1. The molecule has 0 aromatic heterocycles. The van der Waals surface area contributed by atoms with Gasteiger partial charge in [0.1, 0.15) is 6.10 Å². The van der Waals surface area contributed by atoms with Crippen LogP contribution in [0.4, 0.5) is 0 Å². The lowest BCUT2D eigenvalue weighted by Crippen LogP contribution is -2.57. The lowest BCUT2D eigenvalue weighted by Gasteiger charge is -2.61. The second kappa shape index (κ2) is 7.24. The predicted octanol–water partition coefficient (Wildman–Crippen LogP) is 5.11. The summed E-state index contributed by atoms with van der Waals surface area (Å²) in [5, 5.41) is 10.9. The molecule has 3 heteroatoms. The predicted molar refractivity (Wildman–Crippen MR) is 107 cm³/mol. The second-order valence-electron chi connectivity index (χ2n) is 9.69. The van der Waals surface area contributed by atoms with E-state index in [9.17, 15) is 9.90 Å². The van der Waals surface area contributed by atoms with Crippen LogP contribution < -0.4 is 0 Å². The van der Waals surface area contributed by atoms with Gasteiger partial charge in [-0.05, 0) is 62.2 Å². The molecule has 148 valence electrons. The molecule has 6 atom stereocenters. The Morgan fingerprint density at radius 3 is 2.70 bits per heavy atom. The van der Waals surface area contributed by atoms with E-state index in [-0.39, 0.29) is 29.0 Å². The molecular formula is C24H34O3. The zero-order valence-corrected chi connectivity index (χ0v) is 16.8. The van der Waals surface area contributed by atoms with Crippen LogP contribution in [0.3, 0.4) is 0 Å². The van der Waals surface area contributed by atoms with Crippen molar-refractivity contribution in [3.05, 3.63) is 36.0 Å². The number of esters is 1. The summed E-state index contributed by atoms with van der Waals surface area (Å²) in [6, 6.07) is 0. The van der Waals surface area contributed by atoms with E-state index >= 15 is 0 Å². The number of hydrogen-bond donors (Lipinski definition) is 1. The van der Waals surface area contributed by atoms with E-state index in [1.54, 1.807) is 6.08 Å². The van der Waals surface area contributed by atoms with Crippen molar-refractivity contribution in [3.8, 4) is 0 Å². The third-order valence-corrected chi connectivity index (χ3v) is 8.28. The molecule has 2 fully saturated rings. The van der Waals surface area contributed by atoms with Crippen molar-refractivity contribution >= 4 is 5.97 Å². The topological polar surface area (TPSA) is 46.5 Å². The molecule has 0 bridgehead atoms. The highest BCUT2D eigenvalue weighted by Crippen LogP contribution is 2.62. The average Bonchev–Trinajstić information content (AvgIpc) is 3.14. The van der Waals surface area contributed by atoms with Crippen LogP contribution in [0, 0.1) is 22.7 Å². The minimum Gasteiger partial charge on any atom is -0.458 e. The number of aliphatic hydroxyl groups excluding tert-OH is 1. The number of aliphatic hydroxyl groups is 1. The highest BCUT2D eigenvalue weighted by atomic mass is 16.5. The maximum atomic E-state index is 11.9. The number of rotatable bonds is 4. The van der Waals surface area contributed by atoms with Crippen LogP contribution in [0.1, 0.15) is 71.6 Å². The van der Waals surface area contributed by atoms with E-state index < -0.39 is 0 Å². The molecular weight excluding hydrogens is 336 g/mol. The zero-order chi connectivity index (χ0) is 19.1. The van der Waals surface area contributed by atoms with Crippen molar-refractivity contribution in [3.63, 3.8) is 0 Å². The van der Waals surface area contributed by atoms with Gasteiger partial charge in [0.05, 0.1) is 6.10 Å². The van der Waals surface area contributed by atoms with Crippen molar-refractivity contribution in [2.75, 3.05) is 0 Å². The average molecular weight is 371 g/mol. The Hall–Kier alpha value is -1.35. The summed E-state index contributed by atoms with van der Waals surface area (Å²) in [6.07, 6.45) is 19.5. The normalized spacial score (nSPS) is 44.0. The first kappa shape index (κ1) is 19.0. The van der Waals surface area contributed by atoms with Crippen LogP contribution >= 0.6 is 0 Å². The molecule has 0 aromatic rings. The summed E-state index contributed by atoms with van der Waals surface area (Å²) in [5.74, 6) is 0.650. The lowest BCUT2D eigenvalue weighted by atomic mass is 9.45. The summed E-state index contributed by atoms with van der Waals surface area (Å²) >= 11 is 0. The van der Waals surface area contributed by atoms with E-state index in [4.69, 9.17) is 4.74 Å². The van der Waals surface area contributed by atoms with E-state index in [2.05, 4.69) is 32.1 Å². The van der Waals surface area contributed by atoms with Gasteiger partial charge in [0.2, 0.25) is 0 Å². The van der Waals surface area contributed by atoms with Crippen LogP contribution in [-0.2, 0) is 9.53 Å². The van der Waals surface area contributed by atoms with Gasteiger partial charge in [-0.2, -0.15) is 0 Å². The first-order chi connectivity index (χ1) is 12.9. The van der Waals surface area contributed by atoms with Gasteiger partial charge in [-0.25, -0.2) is 4.79 Å². The Kier molecular flexibility index (Phi) is 5.09. The van der Waals surface area contributed by atoms with Gasteiger partial charge in [-0.1, -0.05) is 50.1 Å². The molecule has 0 saturated heterocycles. The van der Waals surface area contributed by atoms with Gasteiger partial charge in [-0.3, -0.25) is 0 Å². The van der Waals surface area contributed by atoms with Crippen LogP contribution in [0.15, 0.2) is 36.0 Å². The molecule has 0 spiro atoms. The third kappa shape index (κ3) is 3.33. The molecule has 1 heterocycles. The van der Waals surface area contributed by atoms with Crippen molar-refractivity contribution in [2.45, 2.75) is 83.8 Å². The molecule has 0 radical (unpaired) electrons. The standard InChI is InChI=1S/C24H34O3/c1-23-15-6-16-24(2,21-9-5-10-22(26)27-21)20(23)14-13-19(25)18(23)12-11-17-7-3-4-8-17/h3,5,7-8,10,18-21,25H,4,6,9,11-16H2,1-2H3/t18-,19-,20+,21+,23+,24+/m0/s1. The quantitative estimate of drug-likeness (QED) is 0.700. The fourth-order valence-corrected chi connectivity index (χ4v) is 6.87. The SMILES string of the molecule is C[C@]12CCC[C@@](C)([C@H]3CC=CC(=O)O3)[C@@H]1CC[C@H](O)[C@@H]2CCC1=CCC=C1. The molecule has 27 heavy (non-hydrogen) atoms. The number of carbonyl (C=O) groups is 1. The van der Waals surface area contributed by atoms with Gasteiger partial charge in [0, 0.05) is 17.9 Å². The molecule has 4 rings (SSSR count). The minimum atomic E-state index is -0.201. The van der Waals surface area contributed by atoms with E-state index in [1.807, 2.05) is 6.08 Å². The molecule has 4 aliphatic rings. The largest absolute Gasteiger partial charge is 0.458 e. The number of allylic oxidation sites excluding steroid dienone is 4. The van der Waals surface area contributed by atoms with Gasteiger partial charge in [0.15, 0.2) is 0 Å². The van der Waals surface area contributed by atoms with Crippen LogP contribution in [0.25, 0.3) is 0 Å². The second-order valence-corrected chi connectivity index (χ2v) is 9.69. The Labute approximate surface area is 163 Å². The van der Waals surface area contributed by atoms with Gasteiger partial charge < -0.3 is 9.84 Å². The van der Waals surface area contributed by atoms with E-state index in [0.717, 1.165) is 51.4 Å². The third-order valence-electron chi connectivity index (χ3n) is 8.28. The van der Waals surface area contributed by atoms with E-state index in [1.165, 1.54) is 12.0 Å². The first-order valence-corrected chi connectivity index (χ1v) is 10.8. The number of fused-ring (bicyclic) bond motifs is 1. The van der Waals surface area contributed by atoms with Crippen LogP contribution in [-0.4, -0.2) is 23.3 Å². The highest BCUT2D eigenvalue weighted by Gasteiger charge is 2.58. The molecule has 1 N–H and O–H groups in total. The maximum Gasteiger partial charge on any atom is 0.330 e. The number of ether oxygens (including phenoxy) is 1. The Bertz CT molecular complexity index is 675.